The van der Waals surface area contributed by atoms with Gasteiger partial charge < -0.3 is 16.2 Å². The molecule has 2 rings (SSSR count). The number of nitrogens with one attached hydrogen (secondary N) is 1. The summed E-state index contributed by atoms with van der Waals surface area (Å²) in [6.07, 6.45) is 6.40. The Hall–Kier alpha value is -1.39. The molecule has 1 aromatic carbocycles. The molecule has 1 atom stereocenters. The fourth-order valence-corrected chi connectivity index (χ4v) is 3.00. The van der Waals surface area contributed by atoms with Gasteiger partial charge in [0.2, 0.25) is 5.91 Å². The summed E-state index contributed by atoms with van der Waals surface area (Å²) in [4.78, 5) is 12.2. The molecular formula is C17H26N2O2. The van der Waals surface area contributed by atoms with Crippen molar-refractivity contribution in [3.63, 3.8) is 0 Å². The largest absolute Gasteiger partial charge is 0.394 e. The second-order valence-electron chi connectivity index (χ2n) is 6.12. The van der Waals surface area contributed by atoms with E-state index in [4.69, 9.17) is 5.73 Å². The number of hydrogen-bond donors (Lipinski definition) is 3. The van der Waals surface area contributed by atoms with E-state index in [0.29, 0.717) is 6.42 Å². The third-order valence-electron chi connectivity index (χ3n) is 4.43. The molecule has 1 aromatic rings. The summed E-state index contributed by atoms with van der Waals surface area (Å²) >= 11 is 0. The van der Waals surface area contributed by atoms with Crippen LogP contribution in [0.1, 0.15) is 44.1 Å². The van der Waals surface area contributed by atoms with Gasteiger partial charge in [0.05, 0.1) is 18.2 Å². The van der Waals surface area contributed by atoms with Gasteiger partial charge in [-0.1, -0.05) is 49.6 Å². The minimum atomic E-state index is -0.518. The Morgan fingerprint density at radius 3 is 2.52 bits per heavy atom. The van der Waals surface area contributed by atoms with Crippen molar-refractivity contribution in [1.29, 1.82) is 0 Å². The first-order valence-electron chi connectivity index (χ1n) is 7.88. The van der Waals surface area contributed by atoms with Gasteiger partial charge in [0.1, 0.15) is 0 Å². The zero-order valence-corrected chi connectivity index (χ0v) is 12.6. The van der Waals surface area contributed by atoms with Crippen LogP contribution >= 0.6 is 0 Å². The Morgan fingerprint density at radius 1 is 1.24 bits per heavy atom. The van der Waals surface area contributed by atoms with Crippen LogP contribution < -0.4 is 11.1 Å². The SMILES string of the molecule is N[C@@H](CCc1ccccc1)C(=O)NC1(CO)CCCCC1. The second-order valence-corrected chi connectivity index (χ2v) is 6.12. The zero-order valence-electron chi connectivity index (χ0n) is 12.6. The lowest BCUT2D eigenvalue weighted by molar-refractivity contribution is -0.125. The Balaban J connectivity index is 1.84. The first-order valence-corrected chi connectivity index (χ1v) is 7.88. The van der Waals surface area contributed by atoms with Crippen molar-refractivity contribution in [2.24, 2.45) is 5.73 Å². The molecule has 4 heteroatoms. The molecule has 116 valence electrons. The number of aliphatic hydroxyl groups is 1. The van der Waals surface area contributed by atoms with Crippen LogP contribution in [-0.4, -0.2) is 29.2 Å². The molecule has 0 aliphatic heterocycles. The Labute approximate surface area is 126 Å². The molecule has 1 aliphatic carbocycles. The number of aryl methyl sites for hydroxylation is 1. The highest BCUT2D eigenvalue weighted by Crippen LogP contribution is 2.27. The normalized spacial score (nSPS) is 19.0. The van der Waals surface area contributed by atoms with E-state index in [0.717, 1.165) is 32.1 Å². The fourth-order valence-electron chi connectivity index (χ4n) is 3.00. The molecule has 1 aliphatic rings. The highest BCUT2D eigenvalue weighted by atomic mass is 16.3. The van der Waals surface area contributed by atoms with Crippen LogP contribution in [0.5, 0.6) is 0 Å². The number of rotatable bonds is 6. The molecule has 0 radical (unpaired) electrons. The van der Waals surface area contributed by atoms with Crippen molar-refractivity contribution in [2.45, 2.75) is 56.5 Å². The van der Waals surface area contributed by atoms with Crippen molar-refractivity contribution in [1.82, 2.24) is 5.32 Å². The monoisotopic (exact) mass is 290 g/mol. The molecule has 1 saturated carbocycles. The summed E-state index contributed by atoms with van der Waals surface area (Å²) in [7, 11) is 0. The third-order valence-corrected chi connectivity index (χ3v) is 4.43. The van der Waals surface area contributed by atoms with E-state index >= 15 is 0 Å². The predicted octanol–water partition coefficient (Wildman–Crippen LogP) is 1.76. The van der Waals surface area contributed by atoms with E-state index in [9.17, 15) is 9.90 Å². The van der Waals surface area contributed by atoms with E-state index in [-0.39, 0.29) is 12.5 Å². The molecular weight excluding hydrogens is 264 g/mol. The van der Waals surface area contributed by atoms with Crippen LogP contribution in [-0.2, 0) is 11.2 Å². The molecule has 4 nitrogen and oxygen atoms in total. The van der Waals surface area contributed by atoms with Gasteiger partial charge in [0.25, 0.3) is 0 Å². The number of benzene rings is 1. The van der Waals surface area contributed by atoms with Crippen LogP contribution in [0.25, 0.3) is 0 Å². The van der Waals surface area contributed by atoms with Gasteiger partial charge in [0.15, 0.2) is 0 Å². The van der Waals surface area contributed by atoms with E-state index in [1.165, 1.54) is 12.0 Å². The smallest absolute Gasteiger partial charge is 0.237 e. The van der Waals surface area contributed by atoms with Crippen LogP contribution in [0, 0.1) is 0 Å². The van der Waals surface area contributed by atoms with Crippen molar-refractivity contribution >= 4 is 5.91 Å². The van der Waals surface area contributed by atoms with E-state index in [1.54, 1.807) is 0 Å². The number of nitrogens with two attached hydrogens (primary N) is 1. The van der Waals surface area contributed by atoms with Gasteiger partial charge in [-0.3, -0.25) is 4.79 Å². The number of carbonyl (C=O) groups is 1. The summed E-state index contributed by atoms with van der Waals surface area (Å²) in [6, 6.07) is 9.52. The summed E-state index contributed by atoms with van der Waals surface area (Å²) in [5.74, 6) is -0.137. The van der Waals surface area contributed by atoms with Crippen molar-refractivity contribution in [3.05, 3.63) is 35.9 Å². The topological polar surface area (TPSA) is 75.4 Å². The number of amides is 1. The van der Waals surface area contributed by atoms with Gasteiger partial charge in [-0.05, 0) is 31.2 Å². The first kappa shape index (κ1) is 16.0. The fraction of sp³-hybridized carbons (Fsp3) is 0.588. The van der Waals surface area contributed by atoms with Crippen molar-refractivity contribution in [3.8, 4) is 0 Å². The van der Waals surface area contributed by atoms with Gasteiger partial charge in [-0.15, -0.1) is 0 Å². The number of hydrogen-bond acceptors (Lipinski definition) is 3. The molecule has 0 bridgehead atoms. The standard InChI is InChI=1S/C17H26N2O2/c18-15(10-9-14-7-3-1-4-8-14)16(21)19-17(13-20)11-5-2-6-12-17/h1,3-4,7-8,15,20H,2,5-6,9-13,18H2,(H,19,21)/t15-/m0/s1. The first-order chi connectivity index (χ1) is 10.2. The quantitative estimate of drug-likeness (QED) is 0.747. The minimum absolute atomic E-state index is 0.00411. The summed E-state index contributed by atoms with van der Waals surface area (Å²) in [6.45, 7) is 0.00411. The number of carbonyl (C=O) groups excluding carboxylic acids is 1. The average molecular weight is 290 g/mol. The van der Waals surface area contributed by atoms with Crippen LogP contribution in [0.2, 0.25) is 0 Å². The Morgan fingerprint density at radius 2 is 1.90 bits per heavy atom. The summed E-state index contributed by atoms with van der Waals surface area (Å²) in [5.41, 5.74) is 6.75. The maximum atomic E-state index is 12.2. The highest BCUT2D eigenvalue weighted by molar-refractivity contribution is 5.82. The summed E-state index contributed by atoms with van der Waals surface area (Å²) in [5, 5.41) is 12.6. The molecule has 0 unspecified atom stereocenters. The van der Waals surface area contributed by atoms with Gasteiger partial charge in [-0.25, -0.2) is 0 Å². The second kappa shape index (κ2) is 7.57. The Bertz CT molecular complexity index is 441. The van der Waals surface area contributed by atoms with Crippen molar-refractivity contribution < 1.29 is 9.90 Å². The van der Waals surface area contributed by atoms with E-state index in [2.05, 4.69) is 5.32 Å². The number of aliphatic hydroxyl groups excluding tert-OH is 1. The highest BCUT2D eigenvalue weighted by Gasteiger charge is 2.33. The third kappa shape index (κ3) is 4.55. The lowest BCUT2D eigenvalue weighted by atomic mass is 9.82. The van der Waals surface area contributed by atoms with Gasteiger partial charge >= 0.3 is 0 Å². The molecule has 0 aromatic heterocycles. The van der Waals surface area contributed by atoms with E-state index in [1.807, 2.05) is 30.3 Å². The van der Waals surface area contributed by atoms with Gasteiger partial charge in [-0.2, -0.15) is 0 Å². The van der Waals surface area contributed by atoms with E-state index < -0.39 is 11.6 Å². The lowest BCUT2D eigenvalue weighted by Gasteiger charge is -2.37. The Kier molecular flexibility index (Phi) is 5.76. The zero-order chi connectivity index (χ0) is 15.1. The molecule has 1 amide bonds. The molecule has 21 heavy (non-hydrogen) atoms. The van der Waals surface area contributed by atoms with Crippen LogP contribution in [0.15, 0.2) is 30.3 Å². The molecule has 1 fully saturated rings. The predicted molar refractivity (Wildman–Crippen MR) is 83.8 cm³/mol. The summed E-state index contributed by atoms with van der Waals surface area (Å²) < 4.78 is 0. The molecule has 4 N–H and O–H groups in total. The molecule has 0 heterocycles. The van der Waals surface area contributed by atoms with Gasteiger partial charge in [0, 0.05) is 0 Å². The van der Waals surface area contributed by atoms with Crippen molar-refractivity contribution in [2.75, 3.05) is 6.61 Å². The average Bonchev–Trinajstić information content (AvgIpc) is 2.54. The molecule has 0 saturated heterocycles. The lowest BCUT2D eigenvalue weighted by Crippen LogP contribution is -2.56. The molecule has 0 spiro atoms. The minimum Gasteiger partial charge on any atom is -0.394 e. The van der Waals surface area contributed by atoms with Crippen LogP contribution in [0.3, 0.4) is 0 Å². The maximum Gasteiger partial charge on any atom is 0.237 e. The maximum absolute atomic E-state index is 12.2. The van der Waals surface area contributed by atoms with Crippen LogP contribution in [0.4, 0.5) is 0 Å².